The van der Waals surface area contributed by atoms with E-state index in [2.05, 4.69) is 19.9 Å². The Kier molecular flexibility index (Phi) is 5.87. The number of sulfonamides is 1. The van der Waals surface area contributed by atoms with Crippen LogP contribution in [0.3, 0.4) is 0 Å². The lowest BCUT2D eigenvalue weighted by atomic mass is 9.94. The quantitative estimate of drug-likeness (QED) is 0.796. The van der Waals surface area contributed by atoms with Gasteiger partial charge in [0.1, 0.15) is 0 Å². The topological polar surface area (TPSA) is 81.5 Å². The third kappa shape index (κ3) is 4.33. The molecule has 0 spiro atoms. The summed E-state index contributed by atoms with van der Waals surface area (Å²) < 4.78 is 27.4. The zero-order valence-corrected chi connectivity index (χ0v) is 16.8. The maximum Gasteiger partial charge on any atom is 0.253 e. The zero-order valence-electron chi connectivity index (χ0n) is 16.0. The fourth-order valence-corrected chi connectivity index (χ4v) is 5.79. The van der Waals surface area contributed by atoms with Gasteiger partial charge in [-0.3, -0.25) is 4.79 Å². The third-order valence-corrected chi connectivity index (χ3v) is 7.39. The summed E-state index contributed by atoms with van der Waals surface area (Å²) >= 11 is 0. The number of benzene rings is 1. The van der Waals surface area contributed by atoms with E-state index < -0.39 is 10.0 Å². The van der Waals surface area contributed by atoms with Crippen molar-refractivity contribution in [2.45, 2.75) is 38.0 Å². The molecule has 1 aromatic carbocycles. The number of likely N-dealkylation sites (tertiary alicyclic amines) is 1. The van der Waals surface area contributed by atoms with Gasteiger partial charge in [0.05, 0.1) is 11.0 Å². The molecule has 0 saturated carbocycles. The highest BCUT2D eigenvalue weighted by atomic mass is 32.2. The molecule has 3 rings (SSSR count). The van der Waals surface area contributed by atoms with Gasteiger partial charge in [0, 0.05) is 37.7 Å². The van der Waals surface area contributed by atoms with Gasteiger partial charge in [-0.15, -0.1) is 0 Å². The van der Waals surface area contributed by atoms with E-state index in [1.54, 1.807) is 21.3 Å². The van der Waals surface area contributed by atoms with Crippen LogP contribution in [0, 0.1) is 29.1 Å². The van der Waals surface area contributed by atoms with Crippen molar-refractivity contribution in [3.63, 3.8) is 0 Å². The molecule has 2 fully saturated rings. The minimum atomic E-state index is -3.53. The van der Waals surface area contributed by atoms with Crippen molar-refractivity contribution in [2.75, 3.05) is 26.2 Å². The van der Waals surface area contributed by atoms with E-state index in [0.29, 0.717) is 56.4 Å². The average molecular weight is 390 g/mol. The van der Waals surface area contributed by atoms with Crippen LogP contribution in [0.15, 0.2) is 29.2 Å². The van der Waals surface area contributed by atoms with Crippen LogP contribution in [-0.4, -0.2) is 49.7 Å². The standard InChI is InChI=1S/C20H27N3O3S/c1-15-11-16(2)14-23(13-15)27(25,26)19-5-3-18(4-6-19)20(24)22-9-7-17(12-21)8-10-22/h3-6,15-17H,7-11,13-14H2,1-2H3. The Morgan fingerprint density at radius 2 is 1.63 bits per heavy atom. The van der Waals surface area contributed by atoms with Crippen molar-refractivity contribution < 1.29 is 13.2 Å². The van der Waals surface area contributed by atoms with E-state index in [0.717, 1.165) is 6.42 Å². The Morgan fingerprint density at radius 3 is 2.15 bits per heavy atom. The SMILES string of the molecule is CC1CC(C)CN(S(=O)(=O)c2ccc(C(=O)N3CCC(C#N)CC3)cc2)C1. The van der Waals surface area contributed by atoms with Crippen molar-refractivity contribution in [1.82, 2.24) is 9.21 Å². The lowest BCUT2D eigenvalue weighted by molar-refractivity contribution is 0.0707. The van der Waals surface area contributed by atoms with Crippen LogP contribution in [0.25, 0.3) is 0 Å². The first-order valence-electron chi connectivity index (χ1n) is 9.60. The van der Waals surface area contributed by atoms with Crippen LogP contribution in [0.2, 0.25) is 0 Å². The number of hydrogen-bond acceptors (Lipinski definition) is 4. The van der Waals surface area contributed by atoms with Crippen LogP contribution in [0.1, 0.15) is 43.5 Å². The summed E-state index contributed by atoms with van der Waals surface area (Å²) in [6, 6.07) is 8.53. The van der Waals surface area contributed by atoms with Gasteiger partial charge in [-0.1, -0.05) is 13.8 Å². The van der Waals surface area contributed by atoms with Gasteiger partial charge in [0.15, 0.2) is 0 Å². The number of nitrogens with zero attached hydrogens (tertiary/aromatic N) is 3. The molecular formula is C20H27N3O3S. The Morgan fingerprint density at radius 1 is 1.07 bits per heavy atom. The van der Waals surface area contributed by atoms with Crippen LogP contribution < -0.4 is 0 Å². The minimum absolute atomic E-state index is 0.0240. The van der Waals surface area contributed by atoms with Gasteiger partial charge in [0.2, 0.25) is 10.0 Å². The minimum Gasteiger partial charge on any atom is -0.339 e. The highest BCUT2D eigenvalue weighted by molar-refractivity contribution is 7.89. The molecule has 2 unspecified atom stereocenters. The molecule has 0 bridgehead atoms. The molecule has 2 aliphatic rings. The number of piperidine rings is 2. The molecule has 0 N–H and O–H groups in total. The Labute approximate surface area is 161 Å². The van der Waals surface area contributed by atoms with Crippen molar-refractivity contribution in [2.24, 2.45) is 17.8 Å². The first kappa shape index (κ1) is 19.8. The monoisotopic (exact) mass is 389 g/mol. The first-order valence-corrected chi connectivity index (χ1v) is 11.0. The summed E-state index contributed by atoms with van der Waals surface area (Å²) in [4.78, 5) is 14.6. The summed E-state index contributed by atoms with van der Waals surface area (Å²) in [5, 5.41) is 8.97. The number of nitriles is 1. The van der Waals surface area contributed by atoms with Gasteiger partial charge in [-0.05, 0) is 55.4 Å². The molecule has 0 aliphatic carbocycles. The summed E-state index contributed by atoms with van der Waals surface area (Å²) in [5.74, 6) is 0.618. The fourth-order valence-electron chi connectivity index (χ4n) is 4.11. The zero-order chi connectivity index (χ0) is 19.6. The molecular weight excluding hydrogens is 362 g/mol. The summed E-state index contributed by atoms with van der Waals surface area (Å²) in [5.41, 5.74) is 0.490. The molecule has 146 valence electrons. The number of rotatable bonds is 3. The maximum atomic E-state index is 12.9. The predicted molar refractivity (Wildman–Crippen MR) is 102 cm³/mol. The molecule has 0 aromatic heterocycles. The normalized spacial score (nSPS) is 25.1. The van der Waals surface area contributed by atoms with Gasteiger partial charge >= 0.3 is 0 Å². The molecule has 1 amide bonds. The number of amides is 1. The molecule has 7 heteroatoms. The van der Waals surface area contributed by atoms with Crippen molar-refractivity contribution in [3.05, 3.63) is 29.8 Å². The van der Waals surface area contributed by atoms with Crippen LogP contribution in [-0.2, 0) is 10.0 Å². The molecule has 2 aliphatic heterocycles. The largest absolute Gasteiger partial charge is 0.339 e. The van der Waals surface area contributed by atoms with E-state index in [1.807, 2.05) is 0 Å². The second-order valence-corrected chi connectivity index (χ2v) is 9.93. The number of hydrogen-bond donors (Lipinski definition) is 0. The molecule has 6 nitrogen and oxygen atoms in total. The van der Waals surface area contributed by atoms with E-state index in [9.17, 15) is 13.2 Å². The van der Waals surface area contributed by atoms with Crippen molar-refractivity contribution in [3.8, 4) is 6.07 Å². The van der Waals surface area contributed by atoms with Gasteiger partial charge in [0.25, 0.3) is 5.91 Å². The van der Waals surface area contributed by atoms with Crippen LogP contribution >= 0.6 is 0 Å². The summed E-state index contributed by atoms with van der Waals surface area (Å²) in [6.45, 7) is 6.38. The smallest absolute Gasteiger partial charge is 0.253 e. The molecule has 1 aromatic rings. The molecule has 27 heavy (non-hydrogen) atoms. The van der Waals surface area contributed by atoms with E-state index >= 15 is 0 Å². The Bertz CT molecular complexity index is 811. The van der Waals surface area contributed by atoms with E-state index in [1.165, 1.54) is 12.1 Å². The number of carbonyl (C=O) groups excluding carboxylic acids is 1. The molecule has 2 heterocycles. The third-order valence-electron chi connectivity index (χ3n) is 5.54. The second kappa shape index (κ2) is 7.99. The van der Waals surface area contributed by atoms with Gasteiger partial charge < -0.3 is 4.90 Å². The molecule has 0 radical (unpaired) electrons. The van der Waals surface area contributed by atoms with Crippen molar-refractivity contribution >= 4 is 15.9 Å². The lowest BCUT2D eigenvalue weighted by Crippen LogP contribution is -2.42. The lowest BCUT2D eigenvalue weighted by Gasteiger charge is -2.34. The van der Waals surface area contributed by atoms with Crippen molar-refractivity contribution in [1.29, 1.82) is 5.26 Å². The van der Waals surface area contributed by atoms with E-state index in [4.69, 9.17) is 5.26 Å². The predicted octanol–water partition coefficient (Wildman–Crippen LogP) is 2.73. The highest BCUT2D eigenvalue weighted by Crippen LogP contribution is 2.27. The molecule has 2 atom stereocenters. The summed E-state index contributed by atoms with van der Waals surface area (Å²) in [7, 11) is -3.53. The Hall–Kier alpha value is -1.91. The van der Waals surface area contributed by atoms with Gasteiger partial charge in [-0.25, -0.2) is 8.42 Å². The fraction of sp³-hybridized carbons (Fsp3) is 0.600. The van der Waals surface area contributed by atoms with E-state index in [-0.39, 0.29) is 16.7 Å². The first-order chi connectivity index (χ1) is 12.8. The van der Waals surface area contributed by atoms with Crippen LogP contribution in [0.4, 0.5) is 0 Å². The average Bonchev–Trinajstić information content (AvgIpc) is 2.67. The highest BCUT2D eigenvalue weighted by Gasteiger charge is 2.32. The van der Waals surface area contributed by atoms with Crippen LogP contribution in [0.5, 0.6) is 0 Å². The molecule has 2 saturated heterocycles. The second-order valence-electron chi connectivity index (χ2n) is 7.99. The summed E-state index contributed by atoms with van der Waals surface area (Å²) in [6.07, 6.45) is 2.43. The maximum absolute atomic E-state index is 12.9. The number of carbonyl (C=O) groups is 1. The Balaban J connectivity index is 1.71. The van der Waals surface area contributed by atoms with Gasteiger partial charge in [-0.2, -0.15) is 9.57 Å².